The number of nitrogens with zero attached hydrogens (tertiary/aromatic N) is 3. The number of nitrogens with one attached hydrogen (secondary N) is 1. The van der Waals surface area contributed by atoms with E-state index in [4.69, 9.17) is 0 Å². The van der Waals surface area contributed by atoms with Gasteiger partial charge in [0.2, 0.25) is 5.91 Å². The predicted octanol–water partition coefficient (Wildman–Crippen LogP) is 3.96. The van der Waals surface area contributed by atoms with Crippen LogP contribution in [0, 0.1) is 6.92 Å². The average molecular weight is 456 g/mol. The van der Waals surface area contributed by atoms with Gasteiger partial charge in [0.25, 0.3) is 5.91 Å². The molecule has 0 unspecified atom stereocenters. The smallest absolute Gasteiger partial charge is 0.336 e. The summed E-state index contributed by atoms with van der Waals surface area (Å²) in [6.45, 7) is 3.52. The standard InChI is InChI=1S/C24H23F3N4O2/c1-16-14-18(17-6-2-4-8-20(17)28-16)23(33)31-12-10-30(11-13-31)15-22(32)29-21-9-5-3-7-19(21)24(25,26)27/h2-9,14H,10-13,15H2,1H3,(H,29,32). The van der Waals surface area contributed by atoms with Crippen molar-refractivity contribution in [1.29, 1.82) is 0 Å². The van der Waals surface area contributed by atoms with Crippen molar-refractivity contribution in [2.75, 3.05) is 38.0 Å². The molecule has 0 bridgehead atoms. The van der Waals surface area contributed by atoms with Crippen molar-refractivity contribution in [2.45, 2.75) is 13.1 Å². The number of aromatic nitrogens is 1. The van der Waals surface area contributed by atoms with Gasteiger partial charge in [0.15, 0.2) is 0 Å². The van der Waals surface area contributed by atoms with Crippen LogP contribution >= 0.6 is 0 Å². The van der Waals surface area contributed by atoms with Gasteiger partial charge in [0.1, 0.15) is 0 Å². The summed E-state index contributed by atoms with van der Waals surface area (Å²) in [5.74, 6) is -0.623. The summed E-state index contributed by atoms with van der Waals surface area (Å²) >= 11 is 0. The van der Waals surface area contributed by atoms with Crippen molar-refractivity contribution in [3.63, 3.8) is 0 Å². The Morgan fingerprint density at radius 2 is 1.67 bits per heavy atom. The van der Waals surface area contributed by atoms with E-state index in [0.29, 0.717) is 31.7 Å². The van der Waals surface area contributed by atoms with Crippen molar-refractivity contribution >= 4 is 28.4 Å². The molecular formula is C24H23F3N4O2. The second kappa shape index (κ2) is 9.19. The molecule has 2 aromatic carbocycles. The number of rotatable bonds is 4. The van der Waals surface area contributed by atoms with Crippen LogP contribution in [-0.2, 0) is 11.0 Å². The SMILES string of the molecule is Cc1cc(C(=O)N2CCN(CC(=O)Nc3ccccc3C(F)(F)F)CC2)c2ccccc2n1. The maximum atomic E-state index is 13.2. The number of halogens is 3. The molecule has 1 fully saturated rings. The molecule has 4 rings (SSSR count). The zero-order chi connectivity index (χ0) is 23.6. The first-order chi connectivity index (χ1) is 15.7. The van der Waals surface area contributed by atoms with Gasteiger partial charge in [-0.2, -0.15) is 13.2 Å². The Labute approximate surface area is 189 Å². The van der Waals surface area contributed by atoms with E-state index in [1.807, 2.05) is 36.1 Å². The maximum absolute atomic E-state index is 13.2. The van der Waals surface area contributed by atoms with Crippen LogP contribution < -0.4 is 5.32 Å². The zero-order valence-corrected chi connectivity index (χ0v) is 18.0. The van der Waals surface area contributed by atoms with Gasteiger partial charge in [-0.25, -0.2) is 0 Å². The maximum Gasteiger partial charge on any atom is 0.418 e. The molecule has 9 heteroatoms. The lowest BCUT2D eigenvalue weighted by atomic mass is 10.1. The lowest BCUT2D eigenvalue weighted by molar-refractivity contribution is -0.137. The van der Waals surface area contributed by atoms with E-state index in [9.17, 15) is 22.8 Å². The molecule has 0 spiro atoms. The van der Waals surface area contributed by atoms with Crippen LogP contribution in [0.4, 0.5) is 18.9 Å². The average Bonchev–Trinajstić information content (AvgIpc) is 2.78. The molecule has 33 heavy (non-hydrogen) atoms. The summed E-state index contributed by atoms with van der Waals surface area (Å²) in [7, 11) is 0. The Bertz CT molecular complexity index is 1190. The van der Waals surface area contributed by atoms with Crippen LogP contribution in [-0.4, -0.2) is 59.3 Å². The molecule has 3 aromatic rings. The highest BCUT2D eigenvalue weighted by atomic mass is 19.4. The van der Waals surface area contributed by atoms with E-state index in [1.54, 1.807) is 11.0 Å². The molecule has 2 heterocycles. The molecule has 2 amide bonds. The van der Waals surface area contributed by atoms with Gasteiger partial charge in [-0.15, -0.1) is 0 Å². The Hall–Kier alpha value is -3.46. The first-order valence-electron chi connectivity index (χ1n) is 10.6. The van der Waals surface area contributed by atoms with E-state index in [0.717, 1.165) is 22.7 Å². The summed E-state index contributed by atoms with van der Waals surface area (Å²) < 4.78 is 39.4. The van der Waals surface area contributed by atoms with Crippen LogP contribution in [0.3, 0.4) is 0 Å². The minimum Gasteiger partial charge on any atom is -0.336 e. The molecule has 0 atom stereocenters. The fourth-order valence-corrected chi connectivity index (χ4v) is 4.00. The van der Waals surface area contributed by atoms with Crippen LogP contribution in [0.1, 0.15) is 21.6 Å². The van der Waals surface area contributed by atoms with E-state index in [1.165, 1.54) is 18.2 Å². The van der Waals surface area contributed by atoms with Gasteiger partial charge in [-0.05, 0) is 31.2 Å². The minimum absolute atomic E-state index is 0.0501. The molecule has 0 aliphatic carbocycles. The van der Waals surface area contributed by atoms with Crippen LogP contribution in [0.2, 0.25) is 0 Å². The van der Waals surface area contributed by atoms with Crippen molar-refractivity contribution in [1.82, 2.24) is 14.8 Å². The van der Waals surface area contributed by atoms with Crippen molar-refractivity contribution in [2.24, 2.45) is 0 Å². The Kier molecular flexibility index (Phi) is 6.33. The molecule has 1 aliphatic heterocycles. The molecule has 0 radical (unpaired) electrons. The number of alkyl halides is 3. The molecule has 6 nitrogen and oxygen atoms in total. The van der Waals surface area contributed by atoms with Crippen molar-refractivity contribution < 1.29 is 22.8 Å². The fourth-order valence-electron chi connectivity index (χ4n) is 4.00. The lowest BCUT2D eigenvalue weighted by Gasteiger charge is -2.34. The quantitative estimate of drug-likeness (QED) is 0.646. The minimum atomic E-state index is -4.55. The number of hydrogen-bond donors (Lipinski definition) is 1. The summed E-state index contributed by atoms with van der Waals surface area (Å²) in [6, 6.07) is 14.2. The van der Waals surface area contributed by atoms with Gasteiger partial charge < -0.3 is 10.2 Å². The molecule has 1 aromatic heterocycles. The number of pyridine rings is 1. The number of benzene rings is 2. The topological polar surface area (TPSA) is 65.5 Å². The van der Waals surface area contributed by atoms with Crippen LogP contribution in [0.5, 0.6) is 0 Å². The Morgan fingerprint density at radius 3 is 2.39 bits per heavy atom. The highest BCUT2D eigenvalue weighted by molar-refractivity contribution is 6.06. The number of anilines is 1. The number of hydrogen-bond acceptors (Lipinski definition) is 4. The van der Waals surface area contributed by atoms with Crippen LogP contribution in [0.25, 0.3) is 10.9 Å². The molecule has 1 aliphatic rings. The summed E-state index contributed by atoms with van der Waals surface area (Å²) in [6.07, 6.45) is -4.55. The van der Waals surface area contributed by atoms with Gasteiger partial charge in [0, 0.05) is 37.3 Å². The summed E-state index contributed by atoms with van der Waals surface area (Å²) in [4.78, 5) is 33.6. The third-order valence-corrected chi connectivity index (χ3v) is 5.61. The first-order valence-corrected chi connectivity index (χ1v) is 10.6. The van der Waals surface area contributed by atoms with E-state index in [-0.39, 0.29) is 18.1 Å². The lowest BCUT2D eigenvalue weighted by Crippen LogP contribution is -2.50. The fraction of sp³-hybridized carbons (Fsp3) is 0.292. The second-order valence-electron chi connectivity index (χ2n) is 7.99. The molecule has 1 saturated heterocycles. The van der Waals surface area contributed by atoms with E-state index < -0.39 is 17.6 Å². The number of fused-ring (bicyclic) bond motifs is 1. The highest BCUT2D eigenvalue weighted by Crippen LogP contribution is 2.34. The Balaban J connectivity index is 1.37. The predicted molar refractivity (Wildman–Crippen MR) is 119 cm³/mol. The number of piperazine rings is 1. The van der Waals surface area contributed by atoms with Gasteiger partial charge in [0.05, 0.1) is 28.9 Å². The van der Waals surface area contributed by atoms with Gasteiger partial charge in [-0.1, -0.05) is 30.3 Å². The normalized spacial score (nSPS) is 15.0. The third-order valence-electron chi connectivity index (χ3n) is 5.61. The number of carbonyl (C=O) groups excluding carboxylic acids is 2. The molecular weight excluding hydrogens is 433 g/mol. The van der Waals surface area contributed by atoms with Crippen molar-refractivity contribution in [3.05, 3.63) is 71.4 Å². The van der Waals surface area contributed by atoms with Crippen LogP contribution in [0.15, 0.2) is 54.6 Å². The first kappa shape index (κ1) is 22.7. The zero-order valence-electron chi connectivity index (χ0n) is 18.0. The molecule has 172 valence electrons. The number of amides is 2. The molecule has 1 N–H and O–H groups in total. The summed E-state index contributed by atoms with van der Waals surface area (Å²) in [5, 5.41) is 3.15. The largest absolute Gasteiger partial charge is 0.418 e. The monoisotopic (exact) mass is 456 g/mol. The number of aryl methyl sites for hydroxylation is 1. The van der Waals surface area contributed by atoms with Gasteiger partial charge in [-0.3, -0.25) is 19.5 Å². The summed E-state index contributed by atoms with van der Waals surface area (Å²) in [5.41, 5.74) is 0.965. The van der Waals surface area contributed by atoms with E-state index in [2.05, 4.69) is 10.3 Å². The van der Waals surface area contributed by atoms with Gasteiger partial charge >= 0.3 is 6.18 Å². The third kappa shape index (κ3) is 5.14. The Morgan fingerprint density at radius 1 is 1.00 bits per heavy atom. The number of carbonyl (C=O) groups is 2. The molecule has 0 saturated carbocycles. The van der Waals surface area contributed by atoms with Crippen molar-refractivity contribution in [3.8, 4) is 0 Å². The second-order valence-corrected chi connectivity index (χ2v) is 7.99. The number of para-hydroxylation sites is 2. The highest BCUT2D eigenvalue weighted by Gasteiger charge is 2.33. The van der Waals surface area contributed by atoms with E-state index >= 15 is 0 Å².